The molecular formula is C68H47NOSi2. The van der Waals surface area contributed by atoms with Crippen LogP contribution in [-0.2, 0) is 0 Å². The molecule has 0 saturated carbocycles. The van der Waals surface area contributed by atoms with Gasteiger partial charge in [-0.05, 0) is 128 Å². The minimum Gasteiger partial charge on any atom is -0.458 e. The van der Waals surface area contributed by atoms with Gasteiger partial charge in [0.2, 0.25) is 0 Å². The number of benzene rings is 12. The first-order chi connectivity index (χ1) is 35.7. The maximum Gasteiger partial charge on any atom is 0.188 e. The molecule has 1 spiro atoms. The van der Waals surface area contributed by atoms with Crippen LogP contribution in [0.4, 0.5) is 17.1 Å². The van der Waals surface area contributed by atoms with Crippen molar-refractivity contribution >= 4 is 96.2 Å². The fourth-order valence-electron chi connectivity index (χ4n) is 12.5. The molecule has 4 heteroatoms. The maximum atomic E-state index is 6.96. The van der Waals surface area contributed by atoms with Crippen LogP contribution in [0.5, 0.6) is 11.5 Å². The summed E-state index contributed by atoms with van der Waals surface area (Å²) in [5, 5.41) is 15.9. The Kier molecular flexibility index (Phi) is 9.92. The molecule has 0 atom stereocenters. The predicted octanol–water partition coefficient (Wildman–Crippen LogP) is 12.0. The topological polar surface area (TPSA) is 12.5 Å². The highest BCUT2D eigenvalue weighted by Crippen LogP contribution is 2.40. The quantitative estimate of drug-likeness (QED) is 0.148. The number of anilines is 3. The van der Waals surface area contributed by atoms with Gasteiger partial charge in [-0.3, -0.25) is 0 Å². The van der Waals surface area contributed by atoms with Gasteiger partial charge in [-0.15, -0.1) is 0 Å². The van der Waals surface area contributed by atoms with E-state index in [9.17, 15) is 0 Å². The Labute approximate surface area is 422 Å². The average Bonchev–Trinajstić information content (AvgIpc) is 3.46. The van der Waals surface area contributed by atoms with E-state index in [1.54, 1.807) is 0 Å². The second-order valence-electron chi connectivity index (χ2n) is 19.1. The van der Waals surface area contributed by atoms with E-state index in [-0.39, 0.29) is 0 Å². The number of para-hydroxylation sites is 2. The van der Waals surface area contributed by atoms with Gasteiger partial charge in [-0.25, -0.2) is 0 Å². The van der Waals surface area contributed by atoms with E-state index in [0.717, 1.165) is 22.9 Å². The molecule has 72 heavy (non-hydrogen) atoms. The number of nitrogens with zero attached hydrogens (tertiary/aromatic N) is 1. The fourth-order valence-corrected chi connectivity index (χ4v) is 25.0. The normalized spacial score (nSPS) is 13.6. The fraction of sp³-hybridized carbons (Fsp3) is 0. The van der Waals surface area contributed by atoms with Crippen molar-refractivity contribution in [2.45, 2.75) is 0 Å². The van der Waals surface area contributed by atoms with Crippen molar-refractivity contribution in [3.63, 3.8) is 0 Å². The van der Waals surface area contributed by atoms with E-state index in [1.165, 1.54) is 91.0 Å². The molecule has 0 N–H and O–H groups in total. The summed E-state index contributed by atoms with van der Waals surface area (Å²) in [6, 6.07) is 107. The summed E-state index contributed by atoms with van der Waals surface area (Å²) in [4.78, 5) is 2.57. The molecule has 0 saturated heterocycles. The number of rotatable bonds is 7. The summed E-state index contributed by atoms with van der Waals surface area (Å²) in [5.74, 6) is 1.88. The van der Waals surface area contributed by atoms with Crippen molar-refractivity contribution in [3.05, 3.63) is 285 Å². The van der Waals surface area contributed by atoms with Crippen molar-refractivity contribution in [3.8, 4) is 33.8 Å². The van der Waals surface area contributed by atoms with E-state index in [2.05, 4.69) is 290 Å². The third kappa shape index (κ3) is 6.26. The first-order valence-electron chi connectivity index (χ1n) is 24.9. The summed E-state index contributed by atoms with van der Waals surface area (Å²) < 4.78 is 6.96. The molecule has 0 aliphatic carbocycles. The van der Waals surface area contributed by atoms with Crippen molar-refractivity contribution in [2.75, 3.05) is 4.90 Å². The number of hydrogen-bond donors (Lipinski definition) is 0. The Morgan fingerprint density at radius 1 is 0.278 bits per heavy atom. The Morgan fingerprint density at radius 2 is 0.667 bits per heavy atom. The SMILES string of the molecule is c1ccc([Si]2(c3ccccc3)c3ccccc3[Si]3(c4ccccc4Oc4ccccc43)c3cccc(N(c4ccc(-c5cccc6ccccc56)cc4)c4ccc(-c5cccc6ccccc56)cc4)c32)cc1. The van der Waals surface area contributed by atoms with Gasteiger partial charge in [0, 0.05) is 17.1 Å². The third-order valence-electron chi connectivity index (χ3n) is 15.5. The van der Waals surface area contributed by atoms with Crippen molar-refractivity contribution in [1.82, 2.24) is 0 Å². The highest BCUT2D eigenvalue weighted by Gasteiger charge is 2.60. The van der Waals surface area contributed by atoms with Gasteiger partial charge < -0.3 is 9.64 Å². The van der Waals surface area contributed by atoms with Gasteiger partial charge in [0.1, 0.15) is 11.5 Å². The lowest BCUT2D eigenvalue weighted by atomic mass is 9.97. The minimum atomic E-state index is -3.24. The molecule has 0 bridgehead atoms. The monoisotopic (exact) mass is 949 g/mol. The molecule has 338 valence electrons. The zero-order chi connectivity index (χ0) is 47.6. The molecule has 2 nitrogen and oxygen atoms in total. The van der Waals surface area contributed by atoms with Gasteiger partial charge >= 0.3 is 0 Å². The number of fused-ring (bicyclic) bond motifs is 10. The molecule has 12 aromatic carbocycles. The molecule has 2 heterocycles. The van der Waals surface area contributed by atoms with Gasteiger partial charge in [-0.2, -0.15) is 0 Å². The summed E-state index contributed by atoms with van der Waals surface area (Å²) in [7, 11) is -6.40. The van der Waals surface area contributed by atoms with Crippen LogP contribution in [0.25, 0.3) is 43.8 Å². The Morgan fingerprint density at radius 3 is 1.18 bits per heavy atom. The molecule has 0 amide bonds. The zero-order valence-electron chi connectivity index (χ0n) is 39.5. The van der Waals surface area contributed by atoms with Crippen LogP contribution in [0.15, 0.2) is 285 Å². The lowest BCUT2D eigenvalue weighted by Gasteiger charge is -2.51. The molecule has 12 aromatic rings. The molecule has 14 rings (SSSR count). The number of ether oxygens (including phenoxy) is 1. The second kappa shape index (κ2) is 17.0. The standard InChI is InChI=1S/C68H47NOSi2/c1-3-24-54(25-4-1)71(55-26-5-2-6-27-55)65-37-15-16-38-66(65)72(63-35-13-11-33-61(63)70-62-34-12-14-36-64(62)72)67-39-19-32-60(68(67)71)69(52-44-40-50(41-45-52)58-30-17-22-48-20-7-9-28-56(48)58)53-46-42-51(43-47-53)59-31-18-23-49-21-8-10-29-57(49)59/h1-47H. The number of hydrogen-bond acceptors (Lipinski definition) is 2. The summed E-state index contributed by atoms with van der Waals surface area (Å²) in [5.41, 5.74) is 8.20. The molecule has 2 aliphatic heterocycles. The molecule has 2 aliphatic rings. The lowest BCUT2D eigenvalue weighted by Crippen LogP contribution is -2.93. The van der Waals surface area contributed by atoms with Crippen LogP contribution in [0.3, 0.4) is 0 Å². The third-order valence-corrected chi connectivity index (χ3v) is 25.8. The Balaban J connectivity index is 1.10. The summed E-state index contributed by atoms with van der Waals surface area (Å²) in [6.07, 6.45) is 0. The lowest BCUT2D eigenvalue weighted by molar-refractivity contribution is 0.487. The van der Waals surface area contributed by atoms with Crippen molar-refractivity contribution in [2.24, 2.45) is 0 Å². The highest BCUT2D eigenvalue weighted by molar-refractivity contribution is 7.33. The van der Waals surface area contributed by atoms with Gasteiger partial charge in [0.05, 0.1) is 0 Å². The first-order valence-corrected chi connectivity index (χ1v) is 28.9. The van der Waals surface area contributed by atoms with Crippen LogP contribution in [0, 0.1) is 0 Å². The van der Waals surface area contributed by atoms with Crippen LogP contribution in [-0.4, -0.2) is 16.1 Å². The van der Waals surface area contributed by atoms with Crippen molar-refractivity contribution < 1.29 is 4.74 Å². The highest BCUT2D eigenvalue weighted by atomic mass is 28.3. The van der Waals surface area contributed by atoms with Gasteiger partial charge in [0.25, 0.3) is 0 Å². The zero-order valence-corrected chi connectivity index (χ0v) is 41.5. The van der Waals surface area contributed by atoms with Gasteiger partial charge in [0.15, 0.2) is 16.1 Å². The Hall–Kier alpha value is -8.81. The first kappa shape index (κ1) is 42.1. The maximum absolute atomic E-state index is 6.96. The van der Waals surface area contributed by atoms with Crippen molar-refractivity contribution in [1.29, 1.82) is 0 Å². The predicted molar refractivity (Wildman–Crippen MR) is 308 cm³/mol. The van der Waals surface area contributed by atoms with E-state index in [1.807, 2.05) is 0 Å². The van der Waals surface area contributed by atoms with Crippen LogP contribution in [0.1, 0.15) is 0 Å². The Bertz CT molecular complexity index is 3800. The average molecular weight is 950 g/mol. The van der Waals surface area contributed by atoms with Crippen LogP contribution in [0.2, 0.25) is 0 Å². The van der Waals surface area contributed by atoms with Crippen LogP contribution < -0.4 is 51.1 Å². The molecule has 0 aromatic heterocycles. The molecule has 0 unspecified atom stereocenters. The largest absolute Gasteiger partial charge is 0.458 e. The summed E-state index contributed by atoms with van der Waals surface area (Å²) >= 11 is 0. The van der Waals surface area contributed by atoms with E-state index in [0.29, 0.717) is 0 Å². The molecule has 0 fully saturated rings. The van der Waals surface area contributed by atoms with Gasteiger partial charge in [-0.1, -0.05) is 243 Å². The minimum absolute atomic E-state index is 0.938. The smallest absolute Gasteiger partial charge is 0.188 e. The van der Waals surface area contributed by atoms with E-state index < -0.39 is 16.1 Å². The van der Waals surface area contributed by atoms with Crippen LogP contribution >= 0.6 is 0 Å². The second-order valence-corrected chi connectivity index (χ2v) is 26.4. The summed E-state index contributed by atoms with van der Waals surface area (Å²) in [6.45, 7) is 0. The van der Waals surface area contributed by atoms with E-state index in [4.69, 9.17) is 4.74 Å². The molecule has 0 radical (unpaired) electrons. The van der Waals surface area contributed by atoms with E-state index >= 15 is 0 Å². The molecular weight excluding hydrogens is 903 g/mol.